The van der Waals surface area contributed by atoms with Crippen LogP contribution >= 0.6 is 0 Å². The molecule has 1 aliphatic heterocycles. The topological polar surface area (TPSA) is 37.3 Å². The van der Waals surface area contributed by atoms with Crippen LogP contribution in [0, 0.1) is 17.7 Å². The Labute approximate surface area is 124 Å². The van der Waals surface area contributed by atoms with Crippen LogP contribution < -0.4 is 4.90 Å². The van der Waals surface area contributed by atoms with Crippen LogP contribution in [-0.4, -0.2) is 30.4 Å². The standard InChI is InChI=1S/C17H21FN2O/c1-11-5-12(2)9-20(8-11)10-17(21)15-7-19-16-4-3-13(18)6-14(15)16/h3-4,6-7,11-12,19H,5,8-10H2,1-2H3/p+1/t11-,12-/m0/s1. The summed E-state index contributed by atoms with van der Waals surface area (Å²) in [5.74, 6) is 1.13. The lowest BCUT2D eigenvalue weighted by molar-refractivity contribution is -0.903. The first-order chi connectivity index (χ1) is 10.0. The number of carbonyl (C=O) groups is 1. The zero-order chi connectivity index (χ0) is 15.0. The number of aromatic nitrogens is 1. The highest BCUT2D eigenvalue weighted by molar-refractivity contribution is 6.08. The van der Waals surface area contributed by atoms with Crippen molar-refractivity contribution in [1.29, 1.82) is 0 Å². The van der Waals surface area contributed by atoms with E-state index in [1.165, 1.54) is 23.5 Å². The summed E-state index contributed by atoms with van der Waals surface area (Å²) in [7, 11) is 0. The highest BCUT2D eigenvalue weighted by atomic mass is 19.1. The van der Waals surface area contributed by atoms with Crippen molar-refractivity contribution in [2.45, 2.75) is 20.3 Å². The lowest BCUT2D eigenvalue weighted by Crippen LogP contribution is -3.15. The predicted octanol–water partition coefficient (Wildman–Crippen LogP) is 2.05. The Morgan fingerprint density at radius 3 is 2.76 bits per heavy atom. The number of fused-ring (bicyclic) bond motifs is 1. The monoisotopic (exact) mass is 289 g/mol. The number of Topliss-reactive ketones (excluding diaryl/α,β-unsaturated/α-hetero) is 1. The van der Waals surface area contributed by atoms with E-state index < -0.39 is 0 Å². The van der Waals surface area contributed by atoms with Crippen molar-refractivity contribution in [3.63, 3.8) is 0 Å². The fraction of sp³-hybridized carbons (Fsp3) is 0.471. The summed E-state index contributed by atoms with van der Waals surface area (Å²) < 4.78 is 13.4. The Balaban J connectivity index is 1.79. The Morgan fingerprint density at radius 1 is 1.33 bits per heavy atom. The minimum atomic E-state index is -0.302. The van der Waals surface area contributed by atoms with Crippen LogP contribution in [0.4, 0.5) is 4.39 Å². The summed E-state index contributed by atoms with van der Waals surface area (Å²) in [4.78, 5) is 16.9. The lowest BCUT2D eigenvalue weighted by Gasteiger charge is -2.31. The van der Waals surface area contributed by atoms with Gasteiger partial charge < -0.3 is 9.88 Å². The average molecular weight is 289 g/mol. The first-order valence-electron chi connectivity index (χ1n) is 7.66. The number of halogens is 1. The predicted molar refractivity (Wildman–Crippen MR) is 81.1 cm³/mol. The van der Waals surface area contributed by atoms with E-state index >= 15 is 0 Å². The van der Waals surface area contributed by atoms with Gasteiger partial charge in [-0.3, -0.25) is 4.79 Å². The van der Waals surface area contributed by atoms with Crippen LogP contribution in [0.25, 0.3) is 10.9 Å². The number of H-pyrrole nitrogens is 1. The number of hydrogen-bond donors (Lipinski definition) is 2. The normalized spacial score (nSPS) is 26.1. The average Bonchev–Trinajstić information content (AvgIpc) is 2.80. The first-order valence-corrected chi connectivity index (χ1v) is 7.66. The molecule has 0 unspecified atom stereocenters. The molecule has 0 amide bonds. The molecule has 1 aromatic heterocycles. The van der Waals surface area contributed by atoms with Crippen molar-refractivity contribution < 1.29 is 14.1 Å². The maximum atomic E-state index is 13.4. The van der Waals surface area contributed by atoms with Gasteiger partial charge in [-0.05, 0) is 24.6 Å². The number of quaternary nitrogens is 1. The highest BCUT2D eigenvalue weighted by Gasteiger charge is 2.27. The van der Waals surface area contributed by atoms with Gasteiger partial charge in [-0.1, -0.05) is 13.8 Å². The number of benzene rings is 1. The number of carbonyl (C=O) groups excluding carboxylic acids is 1. The summed E-state index contributed by atoms with van der Waals surface area (Å²) in [6.45, 7) is 7.10. The molecule has 2 heterocycles. The summed E-state index contributed by atoms with van der Waals surface area (Å²) in [5, 5.41) is 0.692. The van der Waals surface area contributed by atoms with Crippen LogP contribution in [0.2, 0.25) is 0 Å². The van der Waals surface area contributed by atoms with E-state index in [9.17, 15) is 9.18 Å². The van der Waals surface area contributed by atoms with Gasteiger partial charge in [-0.25, -0.2) is 4.39 Å². The van der Waals surface area contributed by atoms with Crippen molar-refractivity contribution in [2.24, 2.45) is 11.8 Å². The molecule has 1 aliphatic rings. The molecule has 3 rings (SSSR count). The molecular formula is C17H22FN2O+. The van der Waals surface area contributed by atoms with Crippen LogP contribution in [0.15, 0.2) is 24.4 Å². The molecule has 112 valence electrons. The summed E-state index contributed by atoms with van der Waals surface area (Å²) >= 11 is 0. The Morgan fingerprint density at radius 2 is 2.05 bits per heavy atom. The SMILES string of the molecule is C[C@H]1C[C@H](C)C[NH+](CC(=O)c2c[nH]c3ccc(F)cc23)C1. The number of nitrogens with one attached hydrogen (secondary N) is 2. The fourth-order valence-corrected chi connectivity index (χ4v) is 3.71. The minimum absolute atomic E-state index is 0.100. The molecule has 0 saturated carbocycles. The molecule has 2 atom stereocenters. The third-order valence-corrected chi connectivity index (χ3v) is 4.43. The van der Waals surface area contributed by atoms with Crippen LogP contribution in [-0.2, 0) is 0 Å². The Bertz CT molecular complexity index is 654. The van der Waals surface area contributed by atoms with Crippen LogP contribution in [0.3, 0.4) is 0 Å². The molecule has 0 radical (unpaired) electrons. The highest BCUT2D eigenvalue weighted by Crippen LogP contribution is 2.19. The minimum Gasteiger partial charge on any atom is -0.360 e. The van der Waals surface area contributed by atoms with E-state index in [1.54, 1.807) is 12.3 Å². The molecule has 2 N–H and O–H groups in total. The maximum Gasteiger partial charge on any atom is 0.219 e. The number of piperidine rings is 1. The number of likely N-dealkylation sites (tertiary alicyclic amines) is 1. The molecule has 0 spiro atoms. The zero-order valence-electron chi connectivity index (χ0n) is 12.6. The molecular weight excluding hydrogens is 267 g/mol. The molecule has 1 saturated heterocycles. The molecule has 21 heavy (non-hydrogen) atoms. The number of hydrogen-bond acceptors (Lipinski definition) is 1. The second-order valence-electron chi connectivity index (χ2n) is 6.60. The fourth-order valence-electron chi connectivity index (χ4n) is 3.71. The Kier molecular flexibility index (Phi) is 3.81. The van der Waals surface area contributed by atoms with Gasteiger partial charge in [0.2, 0.25) is 5.78 Å². The van der Waals surface area contributed by atoms with E-state index in [0.717, 1.165) is 18.6 Å². The van der Waals surface area contributed by atoms with Gasteiger partial charge in [-0.15, -0.1) is 0 Å². The van der Waals surface area contributed by atoms with E-state index in [2.05, 4.69) is 18.8 Å². The van der Waals surface area contributed by atoms with Crippen LogP contribution in [0.5, 0.6) is 0 Å². The van der Waals surface area contributed by atoms with E-state index in [-0.39, 0.29) is 11.6 Å². The number of aromatic amines is 1. The molecule has 1 aromatic carbocycles. The molecule has 3 nitrogen and oxygen atoms in total. The molecule has 4 heteroatoms. The van der Waals surface area contributed by atoms with Crippen molar-refractivity contribution >= 4 is 16.7 Å². The Hall–Kier alpha value is -1.68. The zero-order valence-corrected chi connectivity index (χ0v) is 12.6. The second kappa shape index (κ2) is 5.60. The van der Waals surface area contributed by atoms with Gasteiger partial charge in [0.15, 0.2) is 0 Å². The third-order valence-electron chi connectivity index (χ3n) is 4.43. The van der Waals surface area contributed by atoms with E-state index in [4.69, 9.17) is 0 Å². The number of rotatable bonds is 3. The molecule has 1 fully saturated rings. The summed E-state index contributed by atoms with van der Waals surface area (Å²) in [6.07, 6.45) is 2.96. The number of ketones is 1. The molecule has 0 bridgehead atoms. The first kappa shape index (κ1) is 14.3. The van der Waals surface area contributed by atoms with Gasteiger partial charge in [0, 0.05) is 34.5 Å². The molecule has 0 aliphatic carbocycles. The summed E-state index contributed by atoms with van der Waals surface area (Å²) in [6, 6.07) is 4.53. The van der Waals surface area contributed by atoms with Gasteiger partial charge in [0.05, 0.1) is 13.1 Å². The lowest BCUT2D eigenvalue weighted by atomic mass is 9.91. The largest absolute Gasteiger partial charge is 0.360 e. The van der Waals surface area contributed by atoms with Crippen molar-refractivity contribution in [1.82, 2.24) is 4.98 Å². The van der Waals surface area contributed by atoms with Crippen LogP contribution in [0.1, 0.15) is 30.6 Å². The smallest absolute Gasteiger partial charge is 0.219 e. The third kappa shape index (κ3) is 3.00. The molecule has 2 aromatic rings. The second-order valence-corrected chi connectivity index (χ2v) is 6.60. The van der Waals surface area contributed by atoms with Gasteiger partial charge >= 0.3 is 0 Å². The quantitative estimate of drug-likeness (QED) is 0.834. The van der Waals surface area contributed by atoms with Crippen molar-refractivity contribution in [2.75, 3.05) is 19.6 Å². The summed E-state index contributed by atoms with van der Waals surface area (Å²) in [5.41, 5.74) is 1.43. The maximum absolute atomic E-state index is 13.4. The van der Waals surface area contributed by atoms with Gasteiger partial charge in [0.1, 0.15) is 12.4 Å². The van der Waals surface area contributed by atoms with Crippen molar-refractivity contribution in [3.05, 3.63) is 35.8 Å². The van der Waals surface area contributed by atoms with E-state index in [1.807, 2.05) is 0 Å². The van der Waals surface area contributed by atoms with Gasteiger partial charge in [0.25, 0.3) is 0 Å². The van der Waals surface area contributed by atoms with Gasteiger partial charge in [-0.2, -0.15) is 0 Å². The van der Waals surface area contributed by atoms with E-state index in [0.29, 0.717) is 29.3 Å². The van der Waals surface area contributed by atoms with Crippen molar-refractivity contribution in [3.8, 4) is 0 Å².